The number of hydrogen-bond acceptors (Lipinski definition) is 4. The van der Waals surface area contributed by atoms with E-state index in [-0.39, 0.29) is 11.6 Å². The predicted molar refractivity (Wildman–Crippen MR) is 72.5 cm³/mol. The molecule has 0 saturated heterocycles. The first-order valence-electron chi connectivity index (χ1n) is 6.10. The van der Waals surface area contributed by atoms with Gasteiger partial charge in [-0.25, -0.2) is 4.98 Å². The van der Waals surface area contributed by atoms with Crippen LogP contribution in [0.15, 0.2) is 30.6 Å². The molecule has 0 radical (unpaired) electrons. The molecule has 1 amide bonds. The molecule has 0 saturated carbocycles. The number of imidazole rings is 1. The SMILES string of the molecule is Cc1c(C(=O)NCCc2ncc[nH]2)cccc1[N+](=O)[O-]. The van der Waals surface area contributed by atoms with E-state index in [0.29, 0.717) is 24.1 Å². The summed E-state index contributed by atoms with van der Waals surface area (Å²) in [7, 11) is 0. The highest BCUT2D eigenvalue weighted by Crippen LogP contribution is 2.20. The Balaban J connectivity index is 2.02. The molecule has 7 nitrogen and oxygen atoms in total. The van der Waals surface area contributed by atoms with Gasteiger partial charge in [-0.15, -0.1) is 0 Å². The van der Waals surface area contributed by atoms with Crippen molar-refractivity contribution in [2.24, 2.45) is 0 Å². The lowest BCUT2D eigenvalue weighted by atomic mass is 10.1. The second-order valence-electron chi connectivity index (χ2n) is 4.25. The number of hydrogen-bond donors (Lipinski definition) is 2. The first kappa shape index (κ1) is 13.7. The van der Waals surface area contributed by atoms with E-state index in [2.05, 4.69) is 15.3 Å². The van der Waals surface area contributed by atoms with E-state index in [9.17, 15) is 14.9 Å². The van der Waals surface area contributed by atoms with Crippen molar-refractivity contribution in [2.45, 2.75) is 13.3 Å². The van der Waals surface area contributed by atoms with Crippen LogP contribution in [-0.2, 0) is 6.42 Å². The lowest BCUT2D eigenvalue weighted by molar-refractivity contribution is -0.385. The highest BCUT2D eigenvalue weighted by Gasteiger charge is 2.17. The Hall–Kier alpha value is -2.70. The molecule has 0 aliphatic carbocycles. The smallest absolute Gasteiger partial charge is 0.273 e. The monoisotopic (exact) mass is 274 g/mol. The largest absolute Gasteiger partial charge is 0.352 e. The van der Waals surface area contributed by atoms with Gasteiger partial charge in [0.25, 0.3) is 11.6 Å². The fourth-order valence-corrected chi connectivity index (χ4v) is 1.89. The maximum Gasteiger partial charge on any atom is 0.273 e. The van der Waals surface area contributed by atoms with Crippen molar-refractivity contribution >= 4 is 11.6 Å². The third kappa shape index (κ3) is 3.00. The summed E-state index contributed by atoms with van der Waals surface area (Å²) in [6.45, 7) is 1.98. The van der Waals surface area contributed by atoms with E-state index in [1.807, 2.05) is 0 Å². The molecule has 0 atom stereocenters. The summed E-state index contributed by atoms with van der Waals surface area (Å²) < 4.78 is 0. The number of amides is 1. The Morgan fingerprint density at radius 1 is 1.50 bits per heavy atom. The van der Waals surface area contributed by atoms with Crippen LogP contribution in [0.2, 0.25) is 0 Å². The number of nitro groups is 1. The molecule has 0 fully saturated rings. The van der Waals surface area contributed by atoms with E-state index in [0.717, 1.165) is 5.82 Å². The average molecular weight is 274 g/mol. The van der Waals surface area contributed by atoms with Crippen molar-refractivity contribution in [2.75, 3.05) is 6.54 Å². The van der Waals surface area contributed by atoms with Gasteiger partial charge < -0.3 is 10.3 Å². The summed E-state index contributed by atoms with van der Waals surface area (Å²) in [5.41, 5.74) is 0.635. The number of nitrogens with one attached hydrogen (secondary N) is 2. The molecule has 0 aliphatic heterocycles. The normalized spacial score (nSPS) is 10.2. The zero-order valence-electron chi connectivity index (χ0n) is 10.9. The van der Waals surface area contributed by atoms with Gasteiger partial charge in [0.1, 0.15) is 5.82 Å². The molecule has 0 aliphatic rings. The molecular formula is C13H14N4O3. The minimum Gasteiger partial charge on any atom is -0.352 e. The molecule has 2 rings (SSSR count). The van der Waals surface area contributed by atoms with Crippen LogP contribution < -0.4 is 5.32 Å². The maximum atomic E-state index is 12.0. The molecule has 2 N–H and O–H groups in total. The van der Waals surface area contributed by atoms with E-state index in [1.54, 1.807) is 25.4 Å². The third-order valence-corrected chi connectivity index (χ3v) is 2.95. The number of carbonyl (C=O) groups is 1. The number of nitrogens with zero attached hydrogens (tertiary/aromatic N) is 2. The minimum atomic E-state index is -0.491. The first-order chi connectivity index (χ1) is 9.59. The highest BCUT2D eigenvalue weighted by molar-refractivity contribution is 5.96. The molecule has 1 heterocycles. The number of nitro benzene ring substituents is 1. The van der Waals surface area contributed by atoms with Gasteiger partial charge in [-0.1, -0.05) is 6.07 Å². The van der Waals surface area contributed by atoms with Crippen LogP contribution >= 0.6 is 0 Å². The molecule has 2 aromatic rings. The molecule has 1 aromatic carbocycles. The summed E-state index contributed by atoms with van der Waals surface area (Å²) in [5.74, 6) is 0.457. The number of aromatic nitrogens is 2. The van der Waals surface area contributed by atoms with E-state index in [1.165, 1.54) is 12.1 Å². The number of aromatic amines is 1. The molecule has 0 unspecified atom stereocenters. The molecule has 0 bridgehead atoms. The fourth-order valence-electron chi connectivity index (χ4n) is 1.89. The Kier molecular flexibility index (Phi) is 4.09. The van der Waals surface area contributed by atoms with Crippen LogP contribution in [-0.4, -0.2) is 27.3 Å². The Labute approximate surface area is 115 Å². The summed E-state index contributed by atoms with van der Waals surface area (Å²) in [5, 5.41) is 13.6. The van der Waals surface area contributed by atoms with Crippen molar-refractivity contribution in [1.29, 1.82) is 0 Å². The predicted octanol–water partition coefficient (Wildman–Crippen LogP) is 1.60. The van der Waals surface area contributed by atoms with E-state index in [4.69, 9.17) is 0 Å². The van der Waals surface area contributed by atoms with Gasteiger partial charge in [-0.2, -0.15) is 0 Å². The van der Waals surface area contributed by atoms with Crippen LogP contribution in [0.25, 0.3) is 0 Å². The minimum absolute atomic E-state index is 0.0521. The van der Waals surface area contributed by atoms with Crippen LogP contribution in [0.3, 0.4) is 0 Å². The van der Waals surface area contributed by atoms with Crippen molar-refractivity contribution in [3.8, 4) is 0 Å². The van der Waals surface area contributed by atoms with Crippen LogP contribution in [0, 0.1) is 17.0 Å². The van der Waals surface area contributed by atoms with Gasteiger partial charge in [0.2, 0.25) is 0 Å². The third-order valence-electron chi connectivity index (χ3n) is 2.95. The van der Waals surface area contributed by atoms with Crippen molar-refractivity contribution in [1.82, 2.24) is 15.3 Å². The summed E-state index contributed by atoms with van der Waals surface area (Å²) >= 11 is 0. The van der Waals surface area contributed by atoms with Crippen LogP contribution in [0.1, 0.15) is 21.7 Å². The number of rotatable bonds is 5. The van der Waals surface area contributed by atoms with Crippen LogP contribution in [0.4, 0.5) is 5.69 Å². The quantitative estimate of drug-likeness (QED) is 0.638. The number of H-pyrrole nitrogens is 1. The molecule has 0 spiro atoms. The summed E-state index contributed by atoms with van der Waals surface area (Å²) in [6, 6.07) is 4.46. The molecule has 1 aromatic heterocycles. The number of benzene rings is 1. The fraction of sp³-hybridized carbons (Fsp3) is 0.231. The zero-order chi connectivity index (χ0) is 14.5. The van der Waals surface area contributed by atoms with Crippen molar-refractivity contribution in [3.05, 3.63) is 57.7 Å². The van der Waals surface area contributed by atoms with Crippen LogP contribution in [0.5, 0.6) is 0 Å². The second-order valence-corrected chi connectivity index (χ2v) is 4.25. The first-order valence-corrected chi connectivity index (χ1v) is 6.10. The van der Waals surface area contributed by atoms with Gasteiger partial charge in [0, 0.05) is 42.6 Å². The van der Waals surface area contributed by atoms with Crippen molar-refractivity contribution in [3.63, 3.8) is 0 Å². The molecule has 104 valence electrons. The van der Waals surface area contributed by atoms with Gasteiger partial charge in [-0.3, -0.25) is 14.9 Å². The lowest BCUT2D eigenvalue weighted by Crippen LogP contribution is -2.26. The molecule has 20 heavy (non-hydrogen) atoms. The summed E-state index contributed by atoms with van der Waals surface area (Å²) in [6.07, 6.45) is 3.93. The second kappa shape index (κ2) is 5.96. The standard InChI is InChI=1S/C13H14N4O3/c1-9-10(3-2-4-11(9)17(19)20)13(18)16-6-5-12-14-7-8-15-12/h2-4,7-8H,5-6H2,1H3,(H,14,15)(H,16,18). The summed E-state index contributed by atoms with van der Waals surface area (Å²) in [4.78, 5) is 29.3. The van der Waals surface area contributed by atoms with E-state index >= 15 is 0 Å². The average Bonchev–Trinajstić information content (AvgIpc) is 2.91. The van der Waals surface area contributed by atoms with E-state index < -0.39 is 4.92 Å². The Morgan fingerprint density at radius 3 is 2.95 bits per heavy atom. The van der Waals surface area contributed by atoms with Crippen molar-refractivity contribution < 1.29 is 9.72 Å². The Morgan fingerprint density at radius 2 is 2.30 bits per heavy atom. The molecule has 7 heteroatoms. The Bertz CT molecular complexity index is 623. The maximum absolute atomic E-state index is 12.0. The van der Waals surface area contributed by atoms with Gasteiger partial charge >= 0.3 is 0 Å². The number of carbonyl (C=O) groups excluding carboxylic acids is 1. The van der Waals surface area contributed by atoms with Gasteiger partial charge in [0.05, 0.1) is 4.92 Å². The highest BCUT2D eigenvalue weighted by atomic mass is 16.6. The van der Waals surface area contributed by atoms with Gasteiger partial charge in [-0.05, 0) is 13.0 Å². The lowest BCUT2D eigenvalue weighted by Gasteiger charge is -2.07. The van der Waals surface area contributed by atoms with Gasteiger partial charge in [0.15, 0.2) is 0 Å². The molecular weight excluding hydrogens is 260 g/mol. The topological polar surface area (TPSA) is 101 Å². The zero-order valence-corrected chi connectivity index (χ0v) is 10.9.